The highest BCUT2D eigenvalue weighted by Gasteiger charge is 2.21. The van der Waals surface area contributed by atoms with Crippen LogP contribution in [-0.4, -0.2) is 13.2 Å². The molecular weight excluding hydrogens is 278 g/mol. The molecule has 0 atom stereocenters. The lowest BCUT2D eigenvalue weighted by atomic mass is 9.85. The third-order valence-corrected chi connectivity index (χ3v) is 3.27. The molecule has 0 aliphatic heterocycles. The van der Waals surface area contributed by atoms with E-state index in [1.54, 1.807) is 0 Å². The third kappa shape index (κ3) is 3.71. The SMILES string of the molecule is CCc1cc(Br)c(OCCN)c(C(C)(C)C)c1. The number of benzene rings is 1. The zero-order valence-corrected chi connectivity index (χ0v) is 12.7. The van der Waals surface area contributed by atoms with Crippen LogP contribution in [0.4, 0.5) is 0 Å². The summed E-state index contributed by atoms with van der Waals surface area (Å²) in [4.78, 5) is 0. The summed E-state index contributed by atoms with van der Waals surface area (Å²) in [5, 5.41) is 0. The van der Waals surface area contributed by atoms with Crippen LogP contribution in [0.2, 0.25) is 0 Å². The highest BCUT2D eigenvalue weighted by atomic mass is 79.9. The molecule has 2 nitrogen and oxygen atoms in total. The Balaban J connectivity index is 3.25. The Labute approximate surface area is 113 Å². The maximum atomic E-state index is 5.77. The van der Waals surface area contributed by atoms with E-state index in [1.807, 2.05) is 0 Å². The van der Waals surface area contributed by atoms with E-state index in [2.05, 4.69) is 55.8 Å². The van der Waals surface area contributed by atoms with Gasteiger partial charge in [0, 0.05) is 12.1 Å². The first-order valence-electron chi connectivity index (χ1n) is 6.06. The first kappa shape index (κ1) is 14.5. The molecule has 3 heteroatoms. The molecular formula is C14H22BrNO. The molecule has 0 heterocycles. The smallest absolute Gasteiger partial charge is 0.137 e. The first-order valence-corrected chi connectivity index (χ1v) is 6.85. The van der Waals surface area contributed by atoms with Gasteiger partial charge in [0.25, 0.3) is 0 Å². The molecule has 1 rings (SSSR count). The molecule has 1 aromatic carbocycles. The van der Waals surface area contributed by atoms with E-state index in [0.29, 0.717) is 13.2 Å². The second-order valence-corrected chi connectivity index (χ2v) is 6.05. The molecule has 0 fully saturated rings. The summed E-state index contributed by atoms with van der Waals surface area (Å²) in [6.07, 6.45) is 1.03. The molecule has 0 aliphatic rings. The first-order chi connectivity index (χ1) is 7.90. The van der Waals surface area contributed by atoms with Crippen LogP contribution in [0, 0.1) is 0 Å². The predicted molar refractivity (Wildman–Crippen MR) is 76.8 cm³/mol. The molecule has 0 amide bonds. The molecule has 96 valence electrons. The van der Waals surface area contributed by atoms with Crippen LogP contribution in [0.1, 0.15) is 38.8 Å². The van der Waals surface area contributed by atoms with Gasteiger partial charge in [-0.05, 0) is 39.4 Å². The highest BCUT2D eigenvalue weighted by molar-refractivity contribution is 9.10. The van der Waals surface area contributed by atoms with Gasteiger partial charge in [0.05, 0.1) is 4.47 Å². The Hall–Kier alpha value is -0.540. The quantitative estimate of drug-likeness (QED) is 0.921. The Morgan fingerprint density at radius 2 is 1.94 bits per heavy atom. The second-order valence-electron chi connectivity index (χ2n) is 5.20. The Morgan fingerprint density at radius 3 is 2.41 bits per heavy atom. The van der Waals surface area contributed by atoms with E-state index in [9.17, 15) is 0 Å². The lowest BCUT2D eigenvalue weighted by Gasteiger charge is -2.24. The monoisotopic (exact) mass is 299 g/mol. The Bertz CT molecular complexity index is 383. The van der Waals surface area contributed by atoms with Crippen molar-refractivity contribution in [3.63, 3.8) is 0 Å². The van der Waals surface area contributed by atoms with Crippen molar-refractivity contribution in [2.24, 2.45) is 5.73 Å². The zero-order chi connectivity index (χ0) is 13.1. The van der Waals surface area contributed by atoms with Crippen LogP contribution < -0.4 is 10.5 Å². The number of hydrogen-bond donors (Lipinski definition) is 1. The molecule has 2 N–H and O–H groups in total. The number of aryl methyl sites for hydroxylation is 1. The van der Waals surface area contributed by atoms with Crippen LogP contribution in [0.5, 0.6) is 5.75 Å². The van der Waals surface area contributed by atoms with Crippen molar-refractivity contribution in [2.45, 2.75) is 39.5 Å². The van der Waals surface area contributed by atoms with Crippen molar-refractivity contribution in [2.75, 3.05) is 13.2 Å². The van der Waals surface area contributed by atoms with Gasteiger partial charge in [-0.2, -0.15) is 0 Å². The van der Waals surface area contributed by atoms with Gasteiger partial charge in [-0.3, -0.25) is 0 Å². The minimum atomic E-state index is 0.0671. The van der Waals surface area contributed by atoms with Crippen molar-refractivity contribution in [3.8, 4) is 5.75 Å². The number of rotatable bonds is 4. The molecule has 0 radical (unpaired) electrons. The number of nitrogens with two attached hydrogens (primary N) is 1. The summed E-state index contributed by atoms with van der Waals surface area (Å²) in [5.41, 5.74) is 8.12. The summed E-state index contributed by atoms with van der Waals surface area (Å²) < 4.78 is 6.79. The van der Waals surface area contributed by atoms with Crippen molar-refractivity contribution < 1.29 is 4.74 Å². The van der Waals surface area contributed by atoms with E-state index in [-0.39, 0.29) is 5.41 Å². The van der Waals surface area contributed by atoms with Crippen molar-refractivity contribution >= 4 is 15.9 Å². The molecule has 0 saturated carbocycles. The van der Waals surface area contributed by atoms with Crippen LogP contribution in [0.3, 0.4) is 0 Å². The molecule has 0 aromatic heterocycles. The van der Waals surface area contributed by atoms with Crippen LogP contribution in [0.25, 0.3) is 0 Å². The van der Waals surface area contributed by atoms with E-state index < -0.39 is 0 Å². The molecule has 0 aliphatic carbocycles. The Morgan fingerprint density at radius 1 is 1.29 bits per heavy atom. The lowest BCUT2D eigenvalue weighted by Crippen LogP contribution is -2.17. The summed E-state index contributed by atoms with van der Waals surface area (Å²) in [7, 11) is 0. The van der Waals surface area contributed by atoms with Crippen molar-refractivity contribution in [1.82, 2.24) is 0 Å². The number of halogens is 1. The van der Waals surface area contributed by atoms with E-state index in [0.717, 1.165) is 16.6 Å². The van der Waals surface area contributed by atoms with Gasteiger partial charge in [0.1, 0.15) is 12.4 Å². The molecule has 1 aromatic rings. The van der Waals surface area contributed by atoms with E-state index >= 15 is 0 Å². The highest BCUT2D eigenvalue weighted by Crippen LogP contribution is 2.38. The standard InChI is InChI=1S/C14H22BrNO/c1-5-10-8-11(14(2,3)4)13(12(15)9-10)17-7-6-16/h8-9H,5-7,16H2,1-4H3. The van der Waals surface area contributed by atoms with Crippen molar-refractivity contribution in [1.29, 1.82) is 0 Å². The minimum Gasteiger partial charge on any atom is -0.491 e. The topological polar surface area (TPSA) is 35.2 Å². The zero-order valence-electron chi connectivity index (χ0n) is 11.1. The molecule has 0 spiro atoms. The van der Waals surface area contributed by atoms with Crippen LogP contribution in [-0.2, 0) is 11.8 Å². The van der Waals surface area contributed by atoms with Crippen LogP contribution >= 0.6 is 15.9 Å². The normalized spacial score (nSPS) is 11.6. The van der Waals surface area contributed by atoms with Gasteiger partial charge in [-0.15, -0.1) is 0 Å². The maximum Gasteiger partial charge on any atom is 0.137 e. The van der Waals surface area contributed by atoms with Crippen LogP contribution in [0.15, 0.2) is 16.6 Å². The molecule has 0 saturated heterocycles. The van der Waals surface area contributed by atoms with Gasteiger partial charge in [-0.25, -0.2) is 0 Å². The summed E-state index contributed by atoms with van der Waals surface area (Å²) >= 11 is 3.60. The average Bonchev–Trinajstić information content (AvgIpc) is 2.25. The molecule has 0 unspecified atom stereocenters. The van der Waals surface area contributed by atoms with Gasteiger partial charge in [0.15, 0.2) is 0 Å². The second kappa shape index (κ2) is 5.87. The molecule has 17 heavy (non-hydrogen) atoms. The third-order valence-electron chi connectivity index (χ3n) is 2.68. The lowest BCUT2D eigenvalue weighted by molar-refractivity contribution is 0.316. The van der Waals surface area contributed by atoms with Gasteiger partial charge >= 0.3 is 0 Å². The minimum absolute atomic E-state index is 0.0671. The average molecular weight is 300 g/mol. The summed E-state index contributed by atoms with van der Waals surface area (Å²) in [6, 6.07) is 4.36. The van der Waals surface area contributed by atoms with E-state index in [1.165, 1.54) is 11.1 Å². The maximum absolute atomic E-state index is 5.77. The number of ether oxygens (including phenoxy) is 1. The van der Waals surface area contributed by atoms with Gasteiger partial charge in [-0.1, -0.05) is 33.8 Å². The largest absolute Gasteiger partial charge is 0.491 e. The predicted octanol–water partition coefficient (Wildman–Crippen LogP) is 3.65. The van der Waals surface area contributed by atoms with E-state index in [4.69, 9.17) is 10.5 Å². The van der Waals surface area contributed by atoms with Gasteiger partial charge in [0.2, 0.25) is 0 Å². The Kier molecular flexibility index (Phi) is 5.02. The fourth-order valence-corrected chi connectivity index (χ4v) is 2.34. The fourth-order valence-electron chi connectivity index (χ4n) is 1.72. The van der Waals surface area contributed by atoms with Gasteiger partial charge < -0.3 is 10.5 Å². The molecule has 0 bridgehead atoms. The van der Waals surface area contributed by atoms with Crippen molar-refractivity contribution in [3.05, 3.63) is 27.7 Å². The fraction of sp³-hybridized carbons (Fsp3) is 0.571. The summed E-state index contributed by atoms with van der Waals surface area (Å²) in [5.74, 6) is 0.931. The summed E-state index contributed by atoms with van der Waals surface area (Å²) in [6.45, 7) is 9.84. The number of hydrogen-bond acceptors (Lipinski definition) is 2.